The van der Waals surface area contributed by atoms with Crippen LogP contribution in [0.2, 0.25) is 0 Å². The summed E-state index contributed by atoms with van der Waals surface area (Å²) in [5, 5.41) is 16.0. The minimum Gasteiger partial charge on any atom is -0.504 e. The lowest BCUT2D eigenvalue weighted by Crippen LogP contribution is -1.97. The van der Waals surface area contributed by atoms with E-state index < -0.39 is 5.78 Å². The second-order valence-electron chi connectivity index (χ2n) is 5.05. The lowest BCUT2D eigenvalue weighted by Gasteiger charge is -2.02. The molecule has 0 spiro atoms. The molecule has 0 fully saturated rings. The highest BCUT2D eigenvalue weighted by Gasteiger charge is 2.16. The van der Waals surface area contributed by atoms with Crippen molar-refractivity contribution < 1.29 is 19.1 Å². The second kappa shape index (κ2) is 7.18. The molecule has 3 aromatic rings. The van der Waals surface area contributed by atoms with E-state index in [0.29, 0.717) is 16.0 Å². The molecule has 7 nitrogen and oxygen atoms in total. The fourth-order valence-corrected chi connectivity index (χ4v) is 2.92. The Hall–Kier alpha value is -3.13. The molecule has 0 saturated carbocycles. The summed E-state index contributed by atoms with van der Waals surface area (Å²) in [7, 11) is 0. The highest BCUT2D eigenvalue weighted by atomic mass is 32.2. The van der Waals surface area contributed by atoms with E-state index >= 15 is 0 Å². The summed E-state index contributed by atoms with van der Waals surface area (Å²) in [5.41, 5.74) is 0.926. The predicted molar refractivity (Wildman–Crippen MR) is 90.6 cm³/mol. The van der Waals surface area contributed by atoms with Gasteiger partial charge in [-0.1, -0.05) is 23.9 Å². The Kier molecular flexibility index (Phi) is 4.80. The number of carbonyl (C=O) groups is 2. The Morgan fingerprint density at radius 2 is 2.00 bits per heavy atom. The van der Waals surface area contributed by atoms with E-state index in [1.807, 2.05) is 0 Å². The lowest BCUT2D eigenvalue weighted by molar-refractivity contribution is 0.101. The highest BCUT2D eigenvalue weighted by molar-refractivity contribution is 7.99. The van der Waals surface area contributed by atoms with Crippen LogP contribution in [0.5, 0.6) is 0 Å². The van der Waals surface area contributed by atoms with Gasteiger partial charge in [0.15, 0.2) is 17.3 Å². The van der Waals surface area contributed by atoms with E-state index in [1.165, 1.54) is 37.5 Å². The fraction of sp³-hybridized carbons (Fsp3) is 0.0588. The van der Waals surface area contributed by atoms with Crippen LogP contribution in [0.25, 0.3) is 5.76 Å². The maximum Gasteiger partial charge on any atom is 0.215 e. The Bertz CT molecular complexity index is 927. The number of nitrogens with zero attached hydrogens (tertiary/aromatic N) is 2. The van der Waals surface area contributed by atoms with E-state index in [1.54, 1.807) is 24.3 Å². The molecule has 0 bridgehead atoms. The molecule has 0 amide bonds. The van der Waals surface area contributed by atoms with Crippen LogP contribution in [0.4, 0.5) is 0 Å². The van der Waals surface area contributed by atoms with Gasteiger partial charge < -0.3 is 9.52 Å². The normalized spacial score (nSPS) is 11.5. The lowest BCUT2D eigenvalue weighted by atomic mass is 10.2. The molecule has 2 aromatic heterocycles. The number of aliphatic hydroxyl groups excluding tert-OH is 1. The molecule has 0 atom stereocenters. The van der Waals surface area contributed by atoms with E-state index in [2.05, 4.69) is 15.2 Å². The third-order valence-corrected chi connectivity index (χ3v) is 4.34. The zero-order valence-corrected chi connectivity index (χ0v) is 13.9. The monoisotopic (exact) mass is 355 g/mol. The molecular weight excluding hydrogens is 342 g/mol. The van der Waals surface area contributed by atoms with Crippen LogP contribution in [-0.4, -0.2) is 31.9 Å². The van der Waals surface area contributed by atoms with E-state index in [-0.39, 0.29) is 17.4 Å². The van der Waals surface area contributed by atoms with Gasteiger partial charge >= 0.3 is 0 Å². The SMILES string of the molecule is CC(=O)c1ccc(Sc2cocc2C(=O)C=C(O)c2nc[nH]n2)cc1. The molecular formula is C17H13N3O4S. The molecule has 0 unspecified atom stereocenters. The topological polar surface area (TPSA) is 109 Å². The molecule has 3 rings (SSSR count). The smallest absolute Gasteiger partial charge is 0.215 e. The molecule has 2 heterocycles. The van der Waals surface area contributed by atoms with Crippen LogP contribution in [0, 0.1) is 0 Å². The number of hydrogen-bond donors (Lipinski definition) is 2. The molecule has 0 aliphatic carbocycles. The first-order chi connectivity index (χ1) is 12.0. The quantitative estimate of drug-likeness (QED) is 0.395. The van der Waals surface area contributed by atoms with Crippen LogP contribution in [0.15, 0.2) is 63.4 Å². The van der Waals surface area contributed by atoms with Crippen molar-refractivity contribution in [2.75, 3.05) is 0 Å². The van der Waals surface area contributed by atoms with Gasteiger partial charge in [0, 0.05) is 16.5 Å². The Morgan fingerprint density at radius 3 is 2.64 bits per heavy atom. The number of hydrogen-bond acceptors (Lipinski definition) is 7. The third kappa shape index (κ3) is 3.86. The first-order valence-corrected chi connectivity index (χ1v) is 8.02. The van der Waals surface area contributed by atoms with Crippen LogP contribution >= 0.6 is 11.8 Å². The van der Waals surface area contributed by atoms with Crippen molar-refractivity contribution in [3.05, 3.63) is 66.1 Å². The minimum atomic E-state index is -0.432. The predicted octanol–water partition coefficient (Wildman–Crippen LogP) is 3.53. The van der Waals surface area contributed by atoms with Crippen molar-refractivity contribution in [1.29, 1.82) is 0 Å². The van der Waals surface area contributed by atoms with Gasteiger partial charge in [-0.2, -0.15) is 5.10 Å². The molecule has 0 saturated heterocycles. The number of benzene rings is 1. The third-order valence-electron chi connectivity index (χ3n) is 3.29. The molecule has 0 radical (unpaired) electrons. The number of aromatic nitrogens is 3. The van der Waals surface area contributed by atoms with Crippen LogP contribution < -0.4 is 0 Å². The molecule has 126 valence electrons. The summed E-state index contributed by atoms with van der Waals surface area (Å²) in [6, 6.07) is 7.04. The van der Waals surface area contributed by atoms with Crippen LogP contribution in [0.3, 0.4) is 0 Å². The number of allylic oxidation sites excluding steroid dienone is 1. The Morgan fingerprint density at radius 1 is 1.24 bits per heavy atom. The maximum atomic E-state index is 12.3. The minimum absolute atomic E-state index is 0.0108. The number of aliphatic hydroxyl groups is 1. The molecule has 8 heteroatoms. The average molecular weight is 355 g/mol. The number of aromatic amines is 1. The summed E-state index contributed by atoms with van der Waals surface area (Å²) >= 11 is 1.32. The van der Waals surface area contributed by atoms with E-state index in [4.69, 9.17) is 4.42 Å². The standard InChI is InChI=1S/C17H13N3O4S/c1-10(21)11-2-4-12(5-3-11)25-16-8-24-7-13(16)14(22)6-15(23)17-18-9-19-20-17/h2-9,23H,1H3,(H,18,19,20). The summed E-state index contributed by atoms with van der Waals surface area (Å²) < 4.78 is 5.13. The zero-order chi connectivity index (χ0) is 17.8. The van der Waals surface area contributed by atoms with E-state index in [9.17, 15) is 14.7 Å². The van der Waals surface area contributed by atoms with Gasteiger partial charge in [0.1, 0.15) is 18.9 Å². The fourth-order valence-electron chi connectivity index (χ4n) is 2.03. The van der Waals surface area contributed by atoms with Gasteiger partial charge in [-0.25, -0.2) is 4.98 Å². The van der Waals surface area contributed by atoms with Crippen molar-refractivity contribution in [1.82, 2.24) is 15.2 Å². The van der Waals surface area contributed by atoms with Crippen LogP contribution in [0.1, 0.15) is 33.5 Å². The number of H-pyrrole nitrogens is 1. The number of nitrogens with one attached hydrogen (secondary N) is 1. The summed E-state index contributed by atoms with van der Waals surface area (Å²) in [5.74, 6) is -0.748. The number of carbonyl (C=O) groups excluding carboxylic acids is 2. The van der Waals surface area contributed by atoms with E-state index in [0.717, 1.165) is 11.0 Å². The van der Waals surface area contributed by atoms with Crippen molar-refractivity contribution in [3.63, 3.8) is 0 Å². The van der Waals surface area contributed by atoms with Gasteiger partial charge in [-0.15, -0.1) is 0 Å². The van der Waals surface area contributed by atoms with Crippen molar-refractivity contribution in [3.8, 4) is 0 Å². The zero-order valence-electron chi connectivity index (χ0n) is 13.1. The van der Waals surface area contributed by atoms with Crippen molar-refractivity contribution in [2.45, 2.75) is 16.7 Å². The first kappa shape index (κ1) is 16.7. The van der Waals surface area contributed by atoms with Gasteiger partial charge in [0.25, 0.3) is 0 Å². The van der Waals surface area contributed by atoms with Crippen molar-refractivity contribution in [2.24, 2.45) is 0 Å². The van der Waals surface area contributed by atoms with Gasteiger partial charge in [-0.05, 0) is 19.1 Å². The molecule has 25 heavy (non-hydrogen) atoms. The summed E-state index contributed by atoms with van der Waals surface area (Å²) in [4.78, 5) is 28.9. The first-order valence-electron chi connectivity index (χ1n) is 7.21. The van der Waals surface area contributed by atoms with Gasteiger partial charge in [-0.3, -0.25) is 14.7 Å². The van der Waals surface area contributed by atoms with Gasteiger partial charge in [0.2, 0.25) is 5.82 Å². The Balaban J connectivity index is 1.79. The number of furan rings is 1. The highest BCUT2D eigenvalue weighted by Crippen LogP contribution is 2.32. The summed E-state index contributed by atoms with van der Waals surface area (Å²) in [6.07, 6.45) is 5.11. The second-order valence-corrected chi connectivity index (χ2v) is 6.16. The maximum absolute atomic E-state index is 12.3. The average Bonchev–Trinajstić information content (AvgIpc) is 3.27. The Labute approximate surface area is 146 Å². The molecule has 2 N–H and O–H groups in total. The molecule has 0 aliphatic heterocycles. The number of Topliss-reactive ketones (excluding diaryl/α,β-unsaturated/α-hetero) is 1. The molecule has 0 aliphatic rings. The van der Waals surface area contributed by atoms with Gasteiger partial charge in [0.05, 0.1) is 10.5 Å². The van der Waals surface area contributed by atoms with Crippen LogP contribution in [-0.2, 0) is 0 Å². The number of ketones is 2. The largest absolute Gasteiger partial charge is 0.504 e. The summed E-state index contributed by atoms with van der Waals surface area (Å²) in [6.45, 7) is 1.50. The molecule has 1 aromatic carbocycles. The number of rotatable bonds is 6. The van der Waals surface area contributed by atoms with Crippen molar-refractivity contribution >= 4 is 29.1 Å².